The number of benzene rings is 14. The standard InChI is InChI=1S/C48H22/c1-5-13-27-23(9-1)29-15-7-17-31-34-20-19-33-25-11-3-6-14-28(25)37-21-35-26-12-4-2-10-24(26)30-16-8-18-32-38-22-36(27)43(39(29)31)47-42(34)41(33)45(37)48(46(38)47)44(35)40(30)32/h1-22H. The largest absolute Gasteiger partial charge is 0.0616 e. The first-order valence-corrected chi connectivity index (χ1v) is 17.0. The molecule has 0 radical (unpaired) electrons. The van der Waals surface area contributed by atoms with E-state index in [1.807, 2.05) is 0 Å². The lowest BCUT2D eigenvalue weighted by molar-refractivity contribution is 1.80. The van der Waals surface area contributed by atoms with E-state index in [0.29, 0.717) is 0 Å². The third-order valence-electron chi connectivity index (χ3n) is 12.3. The summed E-state index contributed by atoms with van der Waals surface area (Å²) in [6.45, 7) is 0. The van der Waals surface area contributed by atoms with Crippen LogP contribution in [0, 0.1) is 0 Å². The SMILES string of the molecule is c1ccc2c(c1)c1cccc3c4cc5c6ccccc6c6cccc7c8ccc9c%10ccccc%10c%10cc2c(c13)c1c%10c9c8c(c5c67)c41. The number of hydrogen-bond acceptors (Lipinski definition) is 0. The highest BCUT2D eigenvalue weighted by atomic mass is 14.3. The predicted octanol–water partition coefficient (Wildman–Crippen LogP) is 13.9. The van der Waals surface area contributed by atoms with E-state index in [9.17, 15) is 0 Å². The Morgan fingerprint density at radius 3 is 0.833 bits per heavy atom. The van der Waals surface area contributed by atoms with Crippen LogP contribution in [0.3, 0.4) is 0 Å². The van der Waals surface area contributed by atoms with Gasteiger partial charge in [0.25, 0.3) is 0 Å². The van der Waals surface area contributed by atoms with Gasteiger partial charge in [-0.05, 0) is 152 Å². The van der Waals surface area contributed by atoms with Crippen LogP contribution in [0.1, 0.15) is 0 Å². The number of rotatable bonds is 0. The van der Waals surface area contributed by atoms with Gasteiger partial charge in [-0.1, -0.05) is 121 Å². The molecule has 0 heteroatoms. The van der Waals surface area contributed by atoms with Crippen molar-refractivity contribution in [2.45, 2.75) is 0 Å². The van der Waals surface area contributed by atoms with Crippen molar-refractivity contribution < 1.29 is 0 Å². The molecule has 0 saturated carbocycles. The van der Waals surface area contributed by atoms with Crippen LogP contribution in [-0.2, 0) is 0 Å². The van der Waals surface area contributed by atoms with Crippen molar-refractivity contribution >= 4 is 140 Å². The summed E-state index contributed by atoms with van der Waals surface area (Å²) in [5, 5.41) is 36.0. The maximum atomic E-state index is 2.57. The highest BCUT2D eigenvalue weighted by molar-refractivity contribution is 6.58. The van der Waals surface area contributed by atoms with E-state index < -0.39 is 0 Å². The Morgan fingerprint density at radius 2 is 0.375 bits per heavy atom. The minimum Gasteiger partial charge on any atom is -0.0616 e. The van der Waals surface area contributed by atoms with Crippen molar-refractivity contribution in [1.82, 2.24) is 0 Å². The molecule has 0 aliphatic rings. The Hall–Kier alpha value is -6.24. The fourth-order valence-corrected chi connectivity index (χ4v) is 10.7. The van der Waals surface area contributed by atoms with Crippen LogP contribution in [0.5, 0.6) is 0 Å². The fourth-order valence-electron chi connectivity index (χ4n) is 10.7. The van der Waals surface area contributed by atoms with Crippen LogP contribution in [0.15, 0.2) is 133 Å². The van der Waals surface area contributed by atoms with Gasteiger partial charge in [0.2, 0.25) is 0 Å². The highest BCUT2D eigenvalue weighted by Crippen LogP contribution is 2.58. The Kier molecular flexibility index (Phi) is 3.53. The van der Waals surface area contributed by atoms with E-state index in [4.69, 9.17) is 0 Å². The first-order valence-electron chi connectivity index (χ1n) is 17.0. The molecule has 0 aromatic heterocycles. The molecule has 0 aliphatic carbocycles. The summed E-state index contributed by atoms with van der Waals surface area (Å²) in [6.07, 6.45) is 0. The molecule has 0 unspecified atom stereocenters. The monoisotopic (exact) mass is 598 g/mol. The van der Waals surface area contributed by atoms with Crippen LogP contribution in [-0.4, -0.2) is 0 Å². The van der Waals surface area contributed by atoms with Crippen LogP contribution in [0.2, 0.25) is 0 Å². The normalized spacial score (nSPS) is 13.4. The molecule has 14 aromatic carbocycles. The molecule has 14 rings (SSSR count). The number of fused-ring (bicyclic) bond motifs is 11. The van der Waals surface area contributed by atoms with E-state index in [-0.39, 0.29) is 0 Å². The molecular weight excluding hydrogens is 577 g/mol. The van der Waals surface area contributed by atoms with Gasteiger partial charge in [-0.25, -0.2) is 0 Å². The van der Waals surface area contributed by atoms with Gasteiger partial charge in [0, 0.05) is 0 Å². The van der Waals surface area contributed by atoms with E-state index in [1.165, 1.54) is 140 Å². The second kappa shape index (κ2) is 7.33. The Labute approximate surface area is 272 Å². The van der Waals surface area contributed by atoms with Crippen molar-refractivity contribution in [3.63, 3.8) is 0 Å². The van der Waals surface area contributed by atoms with Gasteiger partial charge >= 0.3 is 0 Å². The average molecular weight is 599 g/mol. The summed E-state index contributed by atoms with van der Waals surface area (Å²) in [6, 6.07) is 51.3. The molecule has 214 valence electrons. The van der Waals surface area contributed by atoms with Gasteiger partial charge in [-0.3, -0.25) is 0 Å². The average Bonchev–Trinajstić information content (AvgIpc) is 3.16. The zero-order valence-corrected chi connectivity index (χ0v) is 25.7. The molecule has 0 bridgehead atoms. The predicted molar refractivity (Wildman–Crippen MR) is 210 cm³/mol. The first kappa shape index (κ1) is 23.1. The molecule has 48 heavy (non-hydrogen) atoms. The van der Waals surface area contributed by atoms with Gasteiger partial charge in [0.05, 0.1) is 0 Å². The second-order valence-corrected chi connectivity index (χ2v) is 14.2. The third kappa shape index (κ3) is 2.23. The molecule has 0 fully saturated rings. The van der Waals surface area contributed by atoms with Gasteiger partial charge in [-0.15, -0.1) is 0 Å². The molecule has 0 nitrogen and oxygen atoms in total. The molecular formula is C48H22. The van der Waals surface area contributed by atoms with E-state index in [0.717, 1.165) is 0 Å². The van der Waals surface area contributed by atoms with Gasteiger partial charge in [0.15, 0.2) is 0 Å². The lowest BCUT2D eigenvalue weighted by atomic mass is 9.74. The van der Waals surface area contributed by atoms with E-state index in [2.05, 4.69) is 133 Å². The van der Waals surface area contributed by atoms with Crippen molar-refractivity contribution in [1.29, 1.82) is 0 Å². The summed E-state index contributed by atoms with van der Waals surface area (Å²) in [5.41, 5.74) is 0. The van der Waals surface area contributed by atoms with Gasteiger partial charge < -0.3 is 0 Å². The van der Waals surface area contributed by atoms with Crippen molar-refractivity contribution in [2.75, 3.05) is 0 Å². The molecule has 0 atom stereocenters. The van der Waals surface area contributed by atoms with Crippen molar-refractivity contribution in [3.05, 3.63) is 133 Å². The minimum atomic E-state index is 1.34. The van der Waals surface area contributed by atoms with Crippen LogP contribution in [0.25, 0.3) is 140 Å². The molecule has 0 saturated heterocycles. The number of hydrogen-bond donors (Lipinski definition) is 0. The third-order valence-corrected chi connectivity index (χ3v) is 12.3. The lowest BCUT2D eigenvalue weighted by Crippen LogP contribution is -1.99. The first-order chi connectivity index (χ1) is 23.9. The molecule has 0 heterocycles. The maximum Gasteiger partial charge on any atom is -0.0000692 e. The molecule has 0 spiro atoms. The van der Waals surface area contributed by atoms with Crippen molar-refractivity contribution in [3.8, 4) is 0 Å². The van der Waals surface area contributed by atoms with Crippen LogP contribution < -0.4 is 0 Å². The Bertz CT molecular complexity index is 3680. The van der Waals surface area contributed by atoms with Gasteiger partial charge in [0.1, 0.15) is 0 Å². The zero-order valence-electron chi connectivity index (χ0n) is 25.7. The highest BCUT2D eigenvalue weighted by Gasteiger charge is 2.29. The zero-order chi connectivity index (χ0) is 30.6. The maximum absolute atomic E-state index is 2.57. The summed E-state index contributed by atoms with van der Waals surface area (Å²) in [5.74, 6) is 0. The molecule has 14 aromatic rings. The lowest BCUT2D eigenvalue weighted by Gasteiger charge is -2.28. The van der Waals surface area contributed by atoms with Crippen LogP contribution >= 0.6 is 0 Å². The Balaban J connectivity index is 1.50. The summed E-state index contributed by atoms with van der Waals surface area (Å²) in [7, 11) is 0. The summed E-state index contributed by atoms with van der Waals surface area (Å²) in [4.78, 5) is 0. The summed E-state index contributed by atoms with van der Waals surface area (Å²) >= 11 is 0. The molecule has 0 amide bonds. The van der Waals surface area contributed by atoms with E-state index in [1.54, 1.807) is 0 Å². The summed E-state index contributed by atoms with van der Waals surface area (Å²) < 4.78 is 0. The molecule has 0 aliphatic heterocycles. The van der Waals surface area contributed by atoms with Gasteiger partial charge in [-0.2, -0.15) is 0 Å². The second-order valence-electron chi connectivity index (χ2n) is 14.2. The minimum absolute atomic E-state index is 1.34. The molecule has 0 N–H and O–H groups in total. The van der Waals surface area contributed by atoms with Crippen LogP contribution in [0.4, 0.5) is 0 Å². The fraction of sp³-hybridized carbons (Fsp3) is 0. The Morgan fingerprint density at radius 1 is 0.146 bits per heavy atom. The van der Waals surface area contributed by atoms with Crippen molar-refractivity contribution in [2.24, 2.45) is 0 Å². The topological polar surface area (TPSA) is 0 Å². The van der Waals surface area contributed by atoms with E-state index >= 15 is 0 Å². The quantitative estimate of drug-likeness (QED) is 0.120. The smallest absolute Gasteiger partial charge is 0.0000692 e.